The van der Waals surface area contributed by atoms with Gasteiger partial charge >= 0.3 is 11.8 Å². The van der Waals surface area contributed by atoms with Crippen molar-refractivity contribution in [1.29, 1.82) is 0 Å². The Bertz CT molecular complexity index is 1050. The molecule has 160 valence electrons. The van der Waals surface area contributed by atoms with Crippen molar-refractivity contribution in [3.05, 3.63) is 47.0 Å². The Morgan fingerprint density at radius 3 is 2.50 bits per heavy atom. The smallest absolute Gasteiger partial charge is 0.329 e. The summed E-state index contributed by atoms with van der Waals surface area (Å²) >= 11 is 6.05. The van der Waals surface area contributed by atoms with E-state index < -0.39 is 24.9 Å². The predicted molar refractivity (Wildman–Crippen MR) is 107 cm³/mol. The molecule has 0 atom stereocenters. The average molecular weight is 442 g/mol. The highest BCUT2D eigenvalue weighted by Crippen LogP contribution is 2.43. The molecule has 2 aromatic heterocycles. The van der Waals surface area contributed by atoms with E-state index in [1.165, 1.54) is 6.33 Å². The van der Waals surface area contributed by atoms with Gasteiger partial charge in [-0.05, 0) is 24.1 Å². The fourth-order valence-electron chi connectivity index (χ4n) is 3.50. The second-order valence-corrected chi connectivity index (χ2v) is 7.94. The van der Waals surface area contributed by atoms with E-state index in [1.54, 1.807) is 16.7 Å². The highest BCUT2D eigenvalue weighted by molar-refractivity contribution is 6.30. The third-order valence-electron chi connectivity index (χ3n) is 5.10. The number of hydrogen-bond donors (Lipinski definition) is 0. The van der Waals surface area contributed by atoms with Crippen molar-refractivity contribution in [3.63, 3.8) is 0 Å². The molecule has 10 heteroatoms. The van der Waals surface area contributed by atoms with Crippen LogP contribution >= 0.6 is 11.6 Å². The van der Waals surface area contributed by atoms with Crippen molar-refractivity contribution >= 4 is 28.6 Å². The van der Waals surface area contributed by atoms with Crippen LogP contribution in [0, 0.1) is 0 Å². The number of alkyl halides is 4. The number of benzene rings is 1. The maximum atomic E-state index is 13.8. The van der Waals surface area contributed by atoms with Gasteiger partial charge in [0.25, 0.3) is 0 Å². The molecule has 3 aromatic rings. The first-order valence-corrected chi connectivity index (χ1v) is 10.0. The van der Waals surface area contributed by atoms with Crippen molar-refractivity contribution in [3.8, 4) is 0 Å². The van der Waals surface area contributed by atoms with Crippen LogP contribution in [0.3, 0.4) is 0 Å². The SMILES string of the molecule is CCCCc1nc(N2CC(F)(F)C(F)(F)C2)c2ncn(Cc3cccc(Cl)c3)c2n1. The van der Waals surface area contributed by atoms with Gasteiger partial charge in [0, 0.05) is 11.4 Å². The van der Waals surface area contributed by atoms with E-state index in [1.807, 2.05) is 19.1 Å². The Balaban J connectivity index is 1.77. The van der Waals surface area contributed by atoms with Gasteiger partial charge in [-0.15, -0.1) is 0 Å². The monoisotopic (exact) mass is 441 g/mol. The molecule has 0 N–H and O–H groups in total. The molecule has 30 heavy (non-hydrogen) atoms. The molecule has 0 unspecified atom stereocenters. The molecular formula is C20H20ClF4N5. The molecule has 0 aliphatic carbocycles. The summed E-state index contributed by atoms with van der Waals surface area (Å²) in [4.78, 5) is 14.1. The van der Waals surface area contributed by atoms with Crippen molar-refractivity contribution in [2.75, 3.05) is 18.0 Å². The molecule has 0 saturated carbocycles. The maximum Gasteiger partial charge on any atom is 0.329 e. The lowest BCUT2D eigenvalue weighted by Gasteiger charge is -2.17. The van der Waals surface area contributed by atoms with E-state index in [2.05, 4.69) is 15.0 Å². The zero-order valence-corrected chi connectivity index (χ0v) is 17.0. The van der Waals surface area contributed by atoms with Crippen LogP contribution < -0.4 is 4.90 Å². The van der Waals surface area contributed by atoms with Crippen LogP contribution in [0.5, 0.6) is 0 Å². The van der Waals surface area contributed by atoms with Gasteiger partial charge in [-0.3, -0.25) is 0 Å². The van der Waals surface area contributed by atoms with Gasteiger partial charge < -0.3 is 9.47 Å². The Kier molecular flexibility index (Phi) is 5.34. The van der Waals surface area contributed by atoms with Crippen molar-refractivity contribution in [1.82, 2.24) is 19.5 Å². The van der Waals surface area contributed by atoms with Crippen LogP contribution in [0.15, 0.2) is 30.6 Å². The van der Waals surface area contributed by atoms with E-state index >= 15 is 0 Å². The van der Waals surface area contributed by atoms with Gasteiger partial charge in [-0.25, -0.2) is 15.0 Å². The molecule has 5 nitrogen and oxygen atoms in total. The summed E-state index contributed by atoms with van der Waals surface area (Å²) < 4.78 is 57.0. The molecule has 1 aliphatic rings. The second kappa shape index (κ2) is 7.68. The zero-order valence-electron chi connectivity index (χ0n) is 16.3. The number of rotatable bonds is 6. The van der Waals surface area contributed by atoms with E-state index in [0.29, 0.717) is 29.5 Å². The van der Waals surface area contributed by atoms with Crippen LogP contribution in [0.25, 0.3) is 11.2 Å². The molecule has 0 radical (unpaired) electrons. The summed E-state index contributed by atoms with van der Waals surface area (Å²) in [7, 11) is 0. The number of aryl methyl sites for hydroxylation is 1. The van der Waals surface area contributed by atoms with Crippen molar-refractivity contribution in [2.45, 2.75) is 44.6 Å². The van der Waals surface area contributed by atoms with E-state index in [-0.39, 0.29) is 11.3 Å². The highest BCUT2D eigenvalue weighted by atomic mass is 35.5. The average Bonchev–Trinajstić information content (AvgIpc) is 3.16. The number of aromatic nitrogens is 4. The third kappa shape index (κ3) is 3.82. The van der Waals surface area contributed by atoms with Crippen molar-refractivity contribution < 1.29 is 17.6 Å². The number of halogens is 5. The summed E-state index contributed by atoms with van der Waals surface area (Å²) in [5.41, 5.74) is 1.55. The maximum absolute atomic E-state index is 13.8. The van der Waals surface area contributed by atoms with Gasteiger partial charge in [0.05, 0.1) is 26.0 Å². The standard InChI is InChI=1S/C20H20ClF4N5/c1-2-3-7-15-27-17-16(18(28-15)30-10-19(22,23)20(24,25)11-30)26-12-29(17)9-13-5-4-6-14(21)8-13/h4-6,8,12H,2-3,7,9-11H2,1H3. The van der Waals surface area contributed by atoms with Gasteiger partial charge in [0.1, 0.15) is 5.82 Å². The quantitative estimate of drug-likeness (QED) is 0.507. The molecule has 1 aliphatic heterocycles. The molecular weight excluding hydrogens is 422 g/mol. The normalized spacial score (nSPS) is 17.7. The highest BCUT2D eigenvalue weighted by Gasteiger charge is 2.63. The lowest BCUT2D eigenvalue weighted by molar-refractivity contribution is -0.172. The lowest BCUT2D eigenvalue weighted by Crippen LogP contribution is -2.38. The minimum absolute atomic E-state index is 0.0211. The van der Waals surface area contributed by atoms with Gasteiger partial charge in [0.2, 0.25) is 0 Å². The summed E-state index contributed by atoms with van der Waals surface area (Å²) in [5.74, 6) is -7.81. The van der Waals surface area contributed by atoms with E-state index in [4.69, 9.17) is 11.6 Å². The van der Waals surface area contributed by atoms with Gasteiger partial charge in [0.15, 0.2) is 17.0 Å². The number of fused-ring (bicyclic) bond motifs is 1. The largest absolute Gasteiger partial charge is 0.342 e. The van der Waals surface area contributed by atoms with Crippen LogP contribution in [-0.2, 0) is 13.0 Å². The lowest BCUT2D eigenvalue weighted by atomic mass is 10.2. The first-order valence-electron chi connectivity index (χ1n) is 9.67. The number of hydrogen-bond acceptors (Lipinski definition) is 4. The summed E-state index contributed by atoms with van der Waals surface area (Å²) in [6, 6.07) is 7.26. The fourth-order valence-corrected chi connectivity index (χ4v) is 3.72. The number of imidazole rings is 1. The Morgan fingerprint density at radius 2 is 1.83 bits per heavy atom. The molecule has 0 amide bonds. The van der Waals surface area contributed by atoms with E-state index in [9.17, 15) is 17.6 Å². The fraction of sp³-hybridized carbons (Fsp3) is 0.450. The molecule has 1 fully saturated rings. The Hall–Kier alpha value is -2.42. The second-order valence-electron chi connectivity index (χ2n) is 7.51. The number of unbranched alkanes of at least 4 members (excludes halogenated alkanes) is 1. The summed E-state index contributed by atoms with van der Waals surface area (Å²) in [6.07, 6.45) is 3.71. The molecule has 0 spiro atoms. The van der Waals surface area contributed by atoms with Crippen LogP contribution in [0.2, 0.25) is 5.02 Å². The summed E-state index contributed by atoms with van der Waals surface area (Å²) in [5, 5.41) is 0.581. The Labute approximate surface area is 175 Å². The van der Waals surface area contributed by atoms with Crippen LogP contribution in [0.4, 0.5) is 23.4 Å². The van der Waals surface area contributed by atoms with Gasteiger partial charge in [-0.1, -0.05) is 37.1 Å². The molecule has 4 rings (SSSR count). The first kappa shape index (κ1) is 20.8. The molecule has 0 bridgehead atoms. The van der Waals surface area contributed by atoms with Crippen LogP contribution in [-0.4, -0.2) is 44.5 Å². The van der Waals surface area contributed by atoms with Gasteiger partial charge in [-0.2, -0.15) is 17.6 Å². The third-order valence-corrected chi connectivity index (χ3v) is 5.34. The first-order chi connectivity index (χ1) is 14.2. The minimum Gasteiger partial charge on any atom is -0.342 e. The Morgan fingerprint density at radius 1 is 1.10 bits per heavy atom. The molecule has 1 aromatic carbocycles. The molecule has 1 saturated heterocycles. The zero-order chi connectivity index (χ0) is 21.5. The van der Waals surface area contributed by atoms with E-state index in [0.717, 1.165) is 23.3 Å². The summed E-state index contributed by atoms with van der Waals surface area (Å²) in [6.45, 7) is 0.179. The topological polar surface area (TPSA) is 46.8 Å². The number of anilines is 1. The minimum atomic E-state index is -4.13. The van der Waals surface area contributed by atoms with Crippen molar-refractivity contribution in [2.24, 2.45) is 0 Å². The molecule has 3 heterocycles. The predicted octanol–water partition coefficient (Wildman–Crippen LogP) is 4.96. The van der Waals surface area contributed by atoms with Crippen LogP contribution in [0.1, 0.15) is 31.2 Å². The number of nitrogens with zero attached hydrogens (tertiary/aromatic N) is 5.